The Kier molecular flexibility index (Phi) is 2.49. The fourth-order valence-electron chi connectivity index (χ4n) is 3.76. The third kappa shape index (κ3) is 1.41. The Labute approximate surface area is 97.6 Å². The monoisotopic (exact) mass is 216 g/mol. The van der Waals surface area contributed by atoms with Gasteiger partial charge in [0, 0.05) is 5.92 Å². The summed E-state index contributed by atoms with van der Waals surface area (Å²) in [6.07, 6.45) is 12.9. The van der Waals surface area contributed by atoms with Crippen LogP contribution >= 0.6 is 0 Å². The van der Waals surface area contributed by atoms with Crippen LogP contribution in [0.4, 0.5) is 0 Å². The molecule has 0 aromatic heterocycles. The van der Waals surface area contributed by atoms with Gasteiger partial charge in [0.15, 0.2) is 5.78 Å². The standard InChI is InChI=1S/C15H20O/c1-2-3-4-5-12-9-13-10-6-7-11(8-10)14(13)15(12)16/h6-7,9-11,13-14H,2-5,8H2,1H3/t10-,11+,13?,14?/m1/s1. The highest BCUT2D eigenvalue weighted by Crippen LogP contribution is 2.53. The molecule has 0 radical (unpaired) electrons. The van der Waals surface area contributed by atoms with Crippen molar-refractivity contribution in [1.29, 1.82) is 0 Å². The molecule has 0 aliphatic heterocycles. The summed E-state index contributed by atoms with van der Waals surface area (Å²) in [6.45, 7) is 2.21. The van der Waals surface area contributed by atoms with E-state index in [0.29, 0.717) is 29.5 Å². The number of carbonyl (C=O) groups excluding carboxylic acids is 1. The molecule has 3 aliphatic carbocycles. The third-order valence-corrected chi connectivity index (χ3v) is 4.58. The molecule has 1 heteroatoms. The molecule has 2 unspecified atom stereocenters. The first-order chi connectivity index (χ1) is 7.81. The van der Waals surface area contributed by atoms with Gasteiger partial charge in [-0.25, -0.2) is 0 Å². The summed E-state index contributed by atoms with van der Waals surface area (Å²) < 4.78 is 0. The lowest BCUT2D eigenvalue weighted by Gasteiger charge is -2.17. The Bertz CT molecular complexity index is 364. The lowest BCUT2D eigenvalue weighted by molar-refractivity contribution is -0.119. The molecule has 1 nitrogen and oxygen atoms in total. The van der Waals surface area contributed by atoms with E-state index in [1.165, 1.54) is 25.7 Å². The van der Waals surface area contributed by atoms with Gasteiger partial charge in [0.05, 0.1) is 0 Å². The molecule has 0 heterocycles. The van der Waals surface area contributed by atoms with E-state index in [2.05, 4.69) is 25.2 Å². The van der Waals surface area contributed by atoms with E-state index < -0.39 is 0 Å². The van der Waals surface area contributed by atoms with Crippen molar-refractivity contribution in [3.05, 3.63) is 23.8 Å². The minimum Gasteiger partial charge on any atom is -0.294 e. The summed E-state index contributed by atoms with van der Waals surface area (Å²) in [6, 6.07) is 0. The molecule has 86 valence electrons. The molecule has 3 aliphatic rings. The van der Waals surface area contributed by atoms with Gasteiger partial charge < -0.3 is 0 Å². The summed E-state index contributed by atoms with van der Waals surface area (Å²) in [5.74, 6) is 2.65. The highest BCUT2D eigenvalue weighted by molar-refractivity contribution is 6.00. The maximum Gasteiger partial charge on any atom is 0.162 e. The number of carbonyl (C=O) groups is 1. The SMILES string of the molecule is CCCCCC1=CC2C(C1=O)[C@H]1C=C[C@@H]2C1. The topological polar surface area (TPSA) is 17.1 Å². The van der Waals surface area contributed by atoms with Crippen molar-refractivity contribution >= 4 is 5.78 Å². The normalized spacial score (nSPS) is 39.3. The second-order valence-electron chi connectivity index (χ2n) is 5.56. The summed E-state index contributed by atoms with van der Waals surface area (Å²) in [7, 11) is 0. The number of Topliss-reactive ketones (excluding diaryl/α,β-unsaturated/α-hetero) is 1. The van der Waals surface area contributed by atoms with Crippen LogP contribution in [0.2, 0.25) is 0 Å². The van der Waals surface area contributed by atoms with Gasteiger partial charge in [-0.15, -0.1) is 0 Å². The zero-order valence-electron chi connectivity index (χ0n) is 9.99. The van der Waals surface area contributed by atoms with Gasteiger partial charge >= 0.3 is 0 Å². The molecule has 0 N–H and O–H groups in total. The molecule has 0 saturated heterocycles. The Morgan fingerprint density at radius 2 is 2.06 bits per heavy atom. The van der Waals surface area contributed by atoms with Crippen LogP contribution < -0.4 is 0 Å². The minimum atomic E-state index is 0.339. The minimum absolute atomic E-state index is 0.339. The summed E-state index contributed by atoms with van der Waals surface area (Å²) >= 11 is 0. The summed E-state index contributed by atoms with van der Waals surface area (Å²) in [4.78, 5) is 12.3. The largest absolute Gasteiger partial charge is 0.294 e. The molecular weight excluding hydrogens is 196 g/mol. The molecule has 0 aromatic carbocycles. The molecule has 16 heavy (non-hydrogen) atoms. The maximum atomic E-state index is 12.3. The van der Waals surface area contributed by atoms with Gasteiger partial charge in [-0.1, -0.05) is 38.0 Å². The lowest BCUT2D eigenvalue weighted by Crippen LogP contribution is -2.21. The van der Waals surface area contributed by atoms with Crippen molar-refractivity contribution < 1.29 is 4.79 Å². The van der Waals surface area contributed by atoms with Crippen molar-refractivity contribution in [1.82, 2.24) is 0 Å². The van der Waals surface area contributed by atoms with Crippen LogP contribution in [0.5, 0.6) is 0 Å². The number of allylic oxidation sites excluding steroid dienone is 4. The van der Waals surface area contributed by atoms with E-state index >= 15 is 0 Å². The number of hydrogen-bond acceptors (Lipinski definition) is 1. The van der Waals surface area contributed by atoms with Gasteiger partial charge in [-0.05, 0) is 42.6 Å². The third-order valence-electron chi connectivity index (χ3n) is 4.58. The van der Waals surface area contributed by atoms with Crippen LogP contribution in [0, 0.1) is 23.7 Å². The first-order valence-electron chi connectivity index (χ1n) is 6.74. The predicted octanol–water partition coefficient (Wildman–Crippen LogP) is 3.51. The second kappa shape index (κ2) is 3.87. The van der Waals surface area contributed by atoms with E-state index in [1.54, 1.807) is 0 Å². The molecule has 1 fully saturated rings. The van der Waals surface area contributed by atoms with Crippen LogP contribution in [-0.4, -0.2) is 5.78 Å². The number of fused-ring (bicyclic) bond motifs is 5. The number of ketones is 1. The lowest BCUT2D eigenvalue weighted by atomic mass is 9.85. The molecule has 1 saturated carbocycles. The highest BCUT2D eigenvalue weighted by atomic mass is 16.1. The van der Waals surface area contributed by atoms with Crippen molar-refractivity contribution in [3.8, 4) is 0 Å². The number of rotatable bonds is 4. The van der Waals surface area contributed by atoms with Crippen molar-refractivity contribution in [2.24, 2.45) is 23.7 Å². The Morgan fingerprint density at radius 3 is 2.81 bits per heavy atom. The summed E-state index contributed by atoms with van der Waals surface area (Å²) in [5, 5.41) is 0. The van der Waals surface area contributed by atoms with Crippen molar-refractivity contribution in [2.45, 2.75) is 39.0 Å². The van der Waals surface area contributed by atoms with Gasteiger partial charge in [0.25, 0.3) is 0 Å². The Balaban J connectivity index is 1.70. The average molecular weight is 216 g/mol. The van der Waals surface area contributed by atoms with Gasteiger partial charge in [-0.3, -0.25) is 4.79 Å². The second-order valence-corrected chi connectivity index (χ2v) is 5.56. The van der Waals surface area contributed by atoms with Crippen molar-refractivity contribution in [3.63, 3.8) is 0 Å². The van der Waals surface area contributed by atoms with E-state index in [1.807, 2.05) is 0 Å². The number of hydrogen-bond donors (Lipinski definition) is 0. The van der Waals surface area contributed by atoms with Crippen LogP contribution in [-0.2, 0) is 4.79 Å². The molecule has 0 amide bonds. The van der Waals surface area contributed by atoms with Gasteiger partial charge in [0.1, 0.15) is 0 Å². The first kappa shape index (κ1) is 10.3. The molecule has 0 aromatic rings. The molecule has 2 bridgehead atoms. The fraction of sp³-hybridized carbons (Fsp3) is 0.667. The first-order valence-corrected chi connectivity index (χ1v) is 6.74. The average Bonchev–Trinajstić information content (AvgIpc) is 2.93. The van der Waals surface area contributed by atoms with Crippen LogP contribution in [0.15, 0.2) is 23.8 Å². The smallest absolute Gasteiger partial charge is 0.162 e. The fourth-order valence-corrected chi connectivity index (χ4v) is 3.76. The van der Waals surface area contributed by atoms with Gasteiger partial charge in [0.2, 0.25) is 0 Å². The number of unbranched alkanes of at least 4 members (excludes halogenated alkanes) is 2. The van der Waals surface area contributed by atoms with Crippen LogP contribution in [0.1, 0.15) is 39.0 Å². The van der Waals surface area contributed by atoms with Crippen LogP contribution in [0.3, 0.4) is 0 Å². The molecule has 4 atom stereocenters. The zero-order chi connectivity index (χ0) is 11.1. The Morgan fingerprint density at radius 1 is 1.25 bits per heavy atom. The van der Waals surface area contributed by atoms with Crippen molar-refractivity contribution in [2.75, 3.05) is 0 Å². The quantitative estimate of drug-likeness (QED) is 0.519. The van der Waals surface area contributed by atoms with E-state index in [-0.39, 0.29) is 0 Å². The molecule has 3 rings (SSSR count). The predicted molar refractivity (Wildman–Crippen MR) is 64.9 cm³/mol. The molecule has 0 spiro atoms. The zero-order valence-corrected chi connectivity index (χ0v) is 9.99. The Hall–Kier alpha value is -0.850. The van der Waals surface area contributed by atoms with E-state index in [0.717, 1.165) is 12.0 Å². The molecular formula is C15H20O. The summed E-state index contributed by atoms with van der Waals surface area (Å²) in [5.41, 5.74) is 1.15. The van der Waals surface area contributed by atoms with Crippen LogP contribution in [0.25, 0.3) is 0 Å². The highest BCUT2D eigenvalue weighted by Gasteiger charge is 2.50. The van der Waals surface area contributed by atoms with E-state index in [4.69, 9.17) is 0 Å². The van der Waals surface area contributed by atoms with E-state index in [9.17, 15) is 4.79 Å². The van der Waals surface area contributed by atoms with Gasteiger partial charge in [-0.2, -0.15) is 0 Å². The maximum absolute atomic E-state index is 12.3.